The molecule has 1 fully saturated rings. The fourth-order valence-electron chi connectivity index (χ4n) is 2.56. The van der Waals surface area contributed by atoms with Crippen LogP contribution < -0.4 is 4.74 Å². The second-order valence-electron chi connectivity index (χ2n) is 5.14. The van der Waals surface area contributed by atoms with Crippen LogP contribution in [0.3, 0.4) is 0 Å². The van der Waals surface area contributed by atoms with Gasteiger partial charge in [0.2, 0.25) is 0 Å². The Kier molecular flexibility index (Phi) is 4.99. The van der Waals surface area contributed by atoms with Crippen LogP contribution in [-0.2, 0) is 11.3 Å². The lowest BCUT2D eigenvalue weighted by Gasteiger charge is -2.31. The highest BCUT2D eigenvalue weighted by Gasteiger charge is 2.22. The standard InChI is InChI=1S/C15H20BrNO2/c1-17(12-3-5-13(18)6-4-12)10-11-9-14(19-2)7-8-15(11)16/h7-9,12H,3-6,10H2,1-2H3. The van der Waals surface area contributed by atoms with E-state index < -0.39 is 0 Å². The maximum absolute atomic E-state index is 11.3. The number of methoxy groups -OCH3 is 1. The molecule has 4 heteroatoms. The van der Waals surface area contributed by atoms with Crippen LogP contribution in [0.2, 0.25) is 0 Å². The van der Waals surface area contributed by atoms with E-state index in [0.717, 1.165) is 42.5 Å². The average molecular weight is 326 g/mol. The van der Waals surface area contributed by atoms with E-state index >= 15 is 0 Å². The highest BCUT2D eigenvalue weighted by Crippen LogP contribution is 2.26. The summed E-state index contributed by atoms with van der Waals surface area (Å²) in [4.78, 5) is 13.6. The first-order chi connectivity index (χ1) is 9.10. The summed E-state index contributed by atoms with van der Waals surface area (Å²) < 4.78 is 6.37. The van der Waals surface area contributed by atoms with Gasteiger partial charge in [0, 0.05) is 29.9 Å². The lowest BCUT2D eigenvalue weighted by molar-refractivity contribution is -0.121. The van der Waals surface area contributed by atoms with Crippen molar-refractivity contribution in [1.29, 1.82) is 0 Å². The van der Waals surface area contributed by atoms with E-state index in [9.17, 15) is 4.79 Å². The van der Waals surface area contributed by atoms with Crippen LogP contribution in [-0.4, -0.2) is 30.9 Å². The molecule has 0 heterocycles. The quantitative estimate of drug-likeness (QED) is 0.849. The summed E-state index contributed by atoms with van der Waals surface area (Å²) in [6.07, 6.45) is 3.43. The molecule has 0 spiro atoms. The third-order valence-electron chi connectivity index (χ3n) is 3.81. The maximum atomic E-state index is 11.3. The summed E-state index contributed by atoms with van der Waals surface area (Å²) in [7, 11) is 3.82. The van der Waals surface area contributed by atoms with Crippen LogP contribution >= 0.6 is 15.9 Å². The van der Waals surface area contributed by atoms with Gasteiger partial charge in [-0.15, -0.1) is 0 Å². The fourth-order valence-corrected chi connectivity index (χ4v) is 2.93. The van der Waals surface area contributed by atoms with E-state index in [1.54, 1.807) is 7.11 Å². The van der Waals surface area contributed by atoms with Gasteiger partial charge in [-0.1, -0.05) is 15.9 Å². The number of carbonyl (C=O) groups excluding carboxylic acids is 1. The Morgan fingerprint density at radius 2 is 2.05 bits per heavy atom. The third kappa shape index (κ3) is 3.80. The van der Waals surface area contributed by atoms with Crippen molar-refractivity contribution in [2.45, 2.75) is 38.3 Å². The lowest BCUT2D eigenvalue weighted by Crippen LogP contribution is -2.34. The minimum atomic E-state index is 0.409. The Labute approximate surface area is 123 Å². The zero-order chi connectivity index (χ0) is 13.8. The van der Waals surface area contributed by atoms with Gasteiger partial charge in [0.25, 0.3) is 0 Å². The smallest absolute Gasteiger partial charge is 0.133 e. The molecule has 1 aromatic carbocycles. The number of benzene rings is 1. The molecule has 2 rings (SSSR count). The fraction of sp³-hybridized carbons (Fsp3) is 0.533. The summed E-state index contributed by atoms with van der Waals surface area (Å²) >= 11 is 3.59. The molecular weight excluding hydrogens is 306 g/mol. The number of nitrogens with zero attached hydrogens (tertiary/aromatic N) is 1. The van der Waals surface area contributed by atoms with E-state index in [4.69, 9.17) is 4.74 Å². The zero-order valence-electron chi connectivity index (χ0n) is 11.5. The minimum Gasteiger partial charge on any atom is -0.497 e. The Hall–Kier alpha value is -0.870. The molecule has 0 N–H and O–H groups in total. The SMILES string of the molecule is COc1ccc(Br)c(CN(C)C2CCC(=O)CC2)c1. The van der Waals surface area contributed by atoms with Crippen molar-refractivity contribution < 1.29 is 9.53 Å². The minimum absolute atomic E-state index is 0.409. The molecule has 0 aliphatic heterocycles. The third-order valence-corrected chi connectivity index (χ3v) is 4.58. The van der Waals surface area contributed by atoms with Crippen LogP contribution in [0.15, 0.2) is 22.7 Å². The van der Waals surface area contributed by atoms with Gasteiger partial charge >= 0.3 is 0 Å². The van der Waals surface area contributed by atoms with Crippen LogP contribution in [0, 0.1) is 0 Å². The zero-order valence-corrected chi connectivity index (χ0v) is 13.1. The van der Waals surface area contributed by atoms with Crippen molar-refractivity contribution in [3.05, 3.63) is 28.2 Å². The first kappa shape index (κ1) is 14.5. The molecule has 3 nitrogen and oxygen atoms in total. The number of hydrogen-bond donors (Lipinski definition) is 0. The molecule has 0 bridgehead atoms. The Balaban J connectivity index is 2.01. The first-order valence-corrected chi connectivity index (χ1v) is 7.44. The van der Waals surface area contributed by atoms with Gasteiger partial charge in [-0.25, -0.2) is 0 Å². The van der Waals surface area contributed by atoms with Gasteiger partial charge in [-0.3, -0.25) is 9.69 Å². The van der Waals surface area contributed by atoms with Crippen molar-refractivity contribution in [1.82, 2.24) is 4.90 Å². The van der Waals surface area contributed by atoms with Gasteiger partial charge < -0.3 is 4.74 Å². The van der Waals surface area contributed by atoms with Crippen molar-refractivity contribution in [3.8, 4) is 5.75 Å². The Morgan fingerprint density at radius 3 is 2.68 bits per heavy atom. The number of hydrogen-bond acceptors (Lipinski definition) is 3. The van der Waals surface area contributed by atoms with Crippen molar-refractivity contribution >= 4 is 21.7 Å². The van der Waals surface area contributed by atoms with E-state index in [0.29, 0.717) is 11.8 Å². The van der Waals surface area contributed by atoms with Crippen LogP contribution in [0.5, 0.6) is 5.75 Å². The molecule has 104 valence electrons. The molecule has 0 unspecified atom stereocenters. The molecule has 1 aliphatic rings. The van der Waals surface area contributed by atoms with Gasteiger partial charge in [0.1, 0.15) is 11.5 Å². The second kappa shape index (κ2) is 6.53. The summed E-state index contributed by atoms with van der Waals surface area (Å²) in [6, 6.07) is 6.55. The highest BCUT2D eigenvalue weighted by atomic mass is 79.9. The first-order valence-electron chi connectivity index (χ1n) is 6.64. The predicted molar refractivity (Wildman–Crippen MR) is 79.4 cm³/mol. The summed E-state index contributed by atoms with van der Waals surface area (Å²) in [5.74, 6) is 1.29. The average Bonchev–Trinajstić information content (AvgIpc) is 2.42. The number of rotatable bonds is 4. The van der Waals surface area contributed by atoms with Crippen LogP contribution in [0.25, 0.3) is 0 Å². The summed E-state index contributed by atoms with van der Waals surface area (Å²) in [5, 5.41) is 0. The van der Waals surface area contributed by atoms with Crippen molar-refractivity contribution in [2.75, 3.05) is 14.2 Å². The largest absolute Gasteiger partial charge is 0.497 e. The van der Waals surface area contributed by atoms with Crippen molar-refractivity contribution in [2.24, 2.45) is 0 Å². The van der Waals surface area contributed by atoms with E-state index in [2.05, 4.69) is 33.9 Å². The molecule has 0 radical (unpaired) electrons. The summed E-state index contributed by atoms with van der Waals surface area (Å²) in [6.45, 7) is 0.872. The van der Waals surface area contributed by atoms with Gasteiger partial charge in [-0.2, -0.15) is 0 Å². The molecule has 1 aliphatic carbocycles. The van der Waals surface area contributed by atoms with Crippen LogP contribution in [0.4, 0.5) is 0 Å². The molecule has 0 amide bonds. The van der Waals surface area contributed by atoms with Gasteiger partial charge in [0.15, 0.2) is 0 Å². The Morgan fingerprint density at radius 1 is 1.37 bits per heavy atom. The monoisotopic (exact) mass is 325 g/mol. The number of halogens is 1. The number of ether oxygens (including phenoxy) is 1. The lowest BCUT2D eigenvalue weighted by atomic mass is 9.93. The predicted octanol–water partition coefficient (Wildman–Crippen LogP) is 3.40. The molecule has 0 atom stereocenters. The van der Waals surface area contributed by atoms with E-state index in [-0.39, 0.29) is 0 Å². The highest BCUT2D eigenvalue weighted by molar-refractivity contribution is 9.10. The number of carbonyl (C=O) groups is 1. The van der Waals surface area contributed by atoms with Crippen molar-refractivity contribution in [3.63, 3.8) is 0 Å². The molecule has 0 saturated heterocycles. The van der Waals surface area contributed by atoms with Crippen LogP contribution in [0.1, 0.15) is 31.2 Å². The van der Waals surface area contributed by atoms with E-state index in [1.807, 2.05) is 12.1 Å². The number of Topliss-reactive ketones (excluding diaryl/α,β-unsaturated/α-hetero) is 1. The molecule has 1 saturated carbocycles. The van der Waals surface area contributed by atoms with E-state index in [1.165, 1.54) is 5.56 Å². The van der Waals surface area contributed by atoms with Gasteiger partial charge in [0.05, 0.1) is 7.11 Å². The maximum Gasteiger partial charge on any atom is 0.133 e. The normalized spacial score (nSPS) is 16.9. The summed E-state index contributed by atoms with van der Waals surface area (Å²) in [5.41, 5.74) is 1.22. The Bertz CT molecular complexity index is 451. The number of ketones is 1. The second-order valence-corrected chi connectivity index (χ2v) is 6.00. The molecule has 19 heavy (non-hydrogen) atoms. The molecule has 0 aromatic heterocycles. The molecular formula is C15H20BrNO2. The topological polar surface area (TPSA) is 29.5 Å². The molecule has 1 aromatic rings. The van der Waals surface area contributed by atoms with Gasteiger partial charge in [-0.05, 0) is 43.7 Å².